The van der Waals surface area contributed by atoms with Crippen LogP contribution in [0, 0.1) is 36.0 Å². The van der Waals surface area contributed by atoms with Crippen molar-refractivity contribution in [1.29, 1.82) is 0 Å². The molecular formula is C18H20F6. The van der Waals surface area contributed by atoms with Gasteiger partial charge in [-0.3, -0.25) is 14.1 Å². The van der Waals surface area contributed by atoms with Gasteiger partial charge in [0.25, 0.3) is 0 Å². The number of alkyl halides is 3. The van der Waals surface area contributed by atoms with Crippen molar-refractivity contribution in [2.75, 3.05) is 0 Å². The lowest BCUT2D eigenvalue weighted by atomic mass is 9.87. The van der Waals surface area contributed by atoms with Gasteiger partial charge in [-0.05, 0) is 53.7 Å². The van der Waals surface area contributed by atoms with E-state index < -0.39 is 11.7 Å². The summed E-state index contributed by atoms with van der Waals surface area (Å²) < 4.78 is 36.6. The highest BCUT2D eigenvalue weighted by molar-refractivity contribution is 5.33. The Morgan fingerprint density at radius 3 is 1.50 bits per heavy atom. The summed E-state index contributed by atoms with van der Waals surface area (Å²) in [4.78, 5) is 0. The molecule has 0 N–H and O–H groups in total. The van der Waals surface area contributed by atoms with E-state index in [4.69, 9.17) is 6.42 Å². The largest absolute Gasteiger partial charge is 0.416 e. The molecule has 0 aliphatic heterocycles. The van der Waals surface area contributed by atoms with Gasteiger partial charge < -0.3 is 0 Å². The van der Waals surface area contributed by atoms with Crippen LogP contribution in [-0.2, 0) is 11.6 Å². The second-order valence-electron chi connectivity index (χ2n) is 5.09. The zero-order valence-corrected chi connectivity index (χ0v) is 13.7. The Kier molecular flexibility index (Phi) is 15.9. The standard InChI is InChI=1S/C11H13F3.C7H4.3FH/c1-10(2,3)8-4-6-9(7-5-8)11(12,13)14;1-3-5-7-6-4-2;;;/h4-7H,1-3H3;1H,2H3;3*1H. The molecule has 0 aromatic heterocycles. The average molecular weight is 350 g/mol. The van der Waals surface area contributed by atoms with Crippen LogP contribution in [0.4, 0.5) is 27.3 Å². The van der Waals surface area contributed by atoms with Crippen molar-refractivity contribution in [2.45, 2.75) is 39.3 Å². The summed E-state index contributed by atoms with van der Waals surface area (Å²) >= 11 is 0. The van der Waals surface area contributed by atoms with Crippen LogP contribution in [0.1, 0.15) is 38.8 Å². The monoisotopic (exact) mass is 350 g/mol. The van der Waals surface area contributed by atoms with Crippen molar-refractivity contribution in [3.05, 3.63) is 35.4 Å². The average Bonchev–Trinajstić information content (AvgIpc) is 2.38. The lowest BCUT2D eigenvalue weighted by molar-refractivity contribution is -0.137. The van der Waals surface area contributed by atoms with Gasteiger partial charge in [-0.2, -0.15) is 13.2 Å². The Morgan fingerprint density at radius 2 is 1.21 bits per heavy atom. The normalized spacial score (nSPS) is 8.58. The minimum atomic E-state index is -4.24. The molecule has 0 heterocycles. The number of hydrogen-bond acceptors (Lipinski definition) is 0. The molecule has 1 aromatic carbocycles. The highest BCUT2D eigenvalue weighted by atomic mass is 19.4. The summed E-state index contributed by atoms with van der Waals surface area (Å²) in [5, 5.41) is 0. The highest BCUT2D eigenvalue weighted by Crippen LogP contribution is 2.31. The van der Waals surface area contributed by atoms with E-state index in [1.54, 1.807) is 6.92 Å². The fourth-order valence-corrected chi connectivity index (χ4v) is 1.29. The molecule has 0 unspecified atom stereocenters. The van der Waals surface area contributed by atoms with Crippen molar-refractivity contribution < 1.29 is 27.3 Å². The van der Waals surface area contributed by atoms with Crippen molar-refractivity contribution >= 4 is 0 Å². The van der Waals surface area contributed by atoms with E-state index in [0.29, 0.717) is 0 Å². The van der Waals surface area contributed by atoms with Gasteiger partial charge >= 0.3 is 6.18 Å². The van der Waals surface area contributed by atoms with Crippen molar-refractivity contribution in [3.63, 3.8) is 0 Å². The first kappa shape index (κ1) is 29.5. The predicted molar refractivity (Wildman–Crippen MR) is 87.7 cm³/mol. The third kappa shape index (κ3) is 12.1. The van der Waals surface area contributed by atoms with Gasteiger partial charge in [0.15, 0.2) is 0 Å². The summed E-state index contributed by atoms with van der Waals surface area (Å²) in [5.41, 5.74) is 0.209. The molecule has 24 heavy (non-hydrogen) atoms. The van der Waals surface area contributed by atoms with Gasteiger partial charge in [-0.1, -0.05) is 38.8 Å². The van der Waals surface area contributed by atoms with E-state index in [1.807, 2.05) is 20.8 Å². The molecule has 0 nitrogen and oxygen atoms in total. The van der Waals surface area contributed by atoms with Gasteiger partial charge in [-0.25, -0.2) is 0 Å². The van der Waals surface area contributed by atoms with Crippen molar-refractivity contribution in [2.24, 2.45) is 0 Å². The Bertz CT molecular complexity index is 572. The molecule has 0 aliphatic carbocycles. The van der Waals surface area contributed by atoms with Crippen LogP contribution >= 0.6 is 0 Å². The highest BCUT2D eigenvalue weighted by Gasteiger charge is 2.30. The molecule has 0 amide bonds. The molecule has 0 saturated carbocycles. The Hall–Kier alpha value is -2.52. The fourth-order valence-electron chi connectivity index (χ4n) is 1.29. The van der Waals surface area contributed by atoms with Gasteiger partial charge in [0.1, 0.15) is 0 Å². The smallest absolute Gasteiger partial charge is 0.269 e. The zero-order valence-electron chi connectivity index (χ0n) is 13.7. The molecule has 0 bridgehead atoms. The number of hydrogen-bond donors (Lipinski definition) is 0. The number of rotatable bonds is 0. The SMILES string of the molecule is C#CC#CC#CC.CC(C)(C)c1ccc(C(F)(F)F)cc1.F.F.F. The van der Waals surface area contributed by atoms with Crippen LogP contribution in [-0.4, -0.2) is 0 Å². The maximum absolute atomic E-state index is 12.2. The van der Waals surface area contributed by atoms with E-state index in [1.165, 1.54) is 12.1 Å². The lowest BCUT2D eigenvalue weighted by Gasteiger charge is -2.19. The second-order valence-corrected chi connectivity index (χ2v) is 5.09. The van der Waals surface area contributed by atoms with Crippen LogP contribution in [0.25, 0.3) is 0 Å². The van der Waals surface area contributed by atoms with Crippen LogP contribution in [0.5, 0.6) is 0 Å². The topological polar surface area (TPSA) is 0 Å². The number of benzene rings is 1. The van der Waals surface area contributed by atoms with Crippen LogP contribution in [0.15, 0.2) is 24.3 Å². The molecule has 0 radical (unpaired) electrons. The minimum Gasteiger partial charge on any atom is -0.269 e. The van der Waals surface area contributed by atoms with Gasteiger partial charge in [0, 0.05) is 0 Å². The predicted octanol–water partition coefficient (Wildman–Crippen LogP) is 5.11. The molecule has 6 heteroatoms. The van der Waals surface area contributed by atoms with Crippen molar-refractivity contribution in [1.82, 2.24) is 0 Å². The first-order chi connectivity index (χ1) is 9.62. The molecule has 0 saturated heterocycles. The zero-order chi connectivity index (χ0) is 16.5. The van der Waals surface area contributed by atoms with E-state index in [-0.39, 0.29) is 19.5 Å². The molecule has 0 fully saturated rings. The summed E-state index contributed by atoms with van der Waals surface area (Å²) in [6.07, 6.45) is 0.538. The van der Waals surface area contributed by atoms with Crippen LogP contribution < -0.4 is 0 Å². The van der Waals surface area contributed by atoms with E-state index >= 15 is 0 Å². The molecule has 0 atom stereocenters. The summed E-state index contributed by atoms with van der Waals surface area (Å²) in [7, 11) is 0. The maximum Gasteiger partial charge on any atom is 0.416 e. The lowest BCUT2D eigenvalue weighted by Crippen LogP contribution is -2.12. The van der Waals surface area contributed by atoms with Gasteiger partial charge in [-0.15, -0.1) is 6.42 Å². The number of halogens is 6. The van der Waals surface area contributed by atoms with Crippen molar-refractivity contribution in [3.8, 4) is 36.0 Å². The first-order valence-corrected chi connectivity index (χ1v) is 6.18. The Labute approximate surface area is 138 Å². The van der Waals surface area contributed by atoms with E-state index in [2.05, 4.69) is 29.6 Å². The summed E-state index contributed by atoms with van der Waals surface area (Å²) in [5.74, 6) is 12.0. The summed E-state index contributed by atoms with van der Waals surface area (Å²) in [6, 6.07) is 5.31. The van der Waals surface area contributed by atoms with E-state index in [9.17, 15) is 13.2 Å². The van der Waals surface area contributed by atoms with E-state index in [0.717, 1.165) is 17.7 Å². The molecular weight excluding hydrogens is 330 g/mol. The first-order valence-electron chi connectivity index (χ1n) is 6.18. The molecule has 1 rings (SSSR count). The van der Waals surface area contributed by atoms with Gasteiger partial charge in [0.2, 0.25) is 0 Å². The maximum atomic E-state index is 12.2. The quantitative estimate of drug-likeness (QED) is 0.451. The van der Waals surface area contributed by atoms with Gasteiger partial charge in [0.05, 0.1) is 5.56 Å². The Balaban J connectivity index is -0.000000175. The third-order valence-corrected chi connectivity index (χ3v) is 2.40. The third-order valence-electron chi connectivity index (χ3n) is 2.40. The van der Waals surface area contributed by atoms with Crippen LogP contribution in [0.2, 0.25) is 0 Å². The number of terminal acetylenes is 1. The van der Waals surface area contributed by atoms with Crippen LogP contribution in [0.3, 0.4) is 0 Å². The molecule has 0 aliphatic rings. The molecule has 0 spiro atoms. The Morgan fingerprint density at radius 1 is 0.792 bits per heavy atom. The molecule has 134 valence electrons. The minimum absolute atomic E-state index is 0. The second kappa shape index (κ2) is 13.0. The summed E-state index contributed by atoms with van der Waals surface area (Å²) in [6.45, 7) is 7.62. The molecule has 1 aromatic rings. The fraction of sp³-hybridized carbons (Fsp3) is 0.333.